The molecule has 0 bridgehead atoms. The molecule has 0 saturated carbocycles. The van der Waals surface area contributed by atoms with Gasteiger partial charge in [-0.15, -0.1) is 0 Å². The van der Waals surface area contributed by atoms with Gasteiger partial charge in [-0.25, -0.2) is 4.98 Å². The zero-order valence-corrected chi connectivity index (χ0v) is 14.6. The minimum Gasteiger partial charge on any atom is -0.301 e. The highest BCUT2D eigenvalue weighted by Gasteiger charge is 2.40. The van der Waals surface area contributed by atoms with Crippen LogP contribution in [0.3, 0.4) is 0 Å². The topological polar surface area (TPSA) is 45.8 Å². The predicted octanol–water partition coefficient (Wildman–Crippen LogP) is 3.56. The summed E-state index contributed by atoms with van der Waals surface area (Å²) >= 11 is 1.51. The first-order chi connectivity index (χ1) is 11.1. The second-order valence-corrected chi connectivity index (χ2v) is 7.71. The fourth-order valence-electron chi connectivity index (χ4n) is 4.51. The Kier molecular flexibility index (Phi) is 3.60. The molecule has 0 fully saturated rings. The van der Waals surface area contributed by atoms with Gasteiger partial charge in [0.15, 0.2) is 5.16 Å². The van der Waals surface area contributed by atoms with Crippen molar-refractivity contribution in [2.45, 2.75) is 56.0 Å². The zero-order chi connectivity index (χ0) is 16.0. The fourth-order valence-corrected chi connectivity index (χ4v) is 4.90. The molecule has 120 valence electrons. The van der Waals surface area contributed by atoms with Crippen LogP contribution in [0.15, 0.2) is 28.2 Å². The Balaban J connectivity index is 1.84. The number of fused-ring (bicyclic) bond motifs is 3. The first kappa shape index (κ1) is 15.0. The van der Waals surface area contributed by atoms with Gasteiger partial charge >= 0.3 is 0 Å². The van der Waals surface area contributed by atoms with E-state index < -0.39 is 0 Å². The summed E-state index contributed by atoms with van der Waals surface area (Å²) in [5, 5.41) is 0.742. The molecular weight excluding hydrogens is 304 g/mol. The van der Waals surface area contributed by atoms with E-state index in [2.05, 4.69) is 30.1 Å². The molecule has 1 aromatic heterocycles. The lowest BCUT2D eigenvalue weighted by Gasteiger charge is -2.42. The van der Waals surface area contributed by atoms with E-state index in [1.807, 2.05) is 6.26 Å². The highest BCUT2D eigenvalue weighted by atomic mass is 32.2. The minimum atomic E-state index is 0.0643. The Morgan fingerprint density at radius 2 is 2.09 bits per heavy atom. The summed E-state index contributed by atoms with van der Waals surface area (Å²) in [5.41, 5.74) is 6.65. The Hall–Kier alpha value is -1.55. The molecule has 2 aliphatic carbocycles. The number of aryl methyl sites for hydroxylation is 1. The van der Waals surface area contributed by atoms with Gasteiger partial charge in [-0.05, 0) is 68.4 Å². The van der Waals surface area contributed by atoms with Crippen LogP contribution in [-0.4, -0.2) is 16.2 Å². The largest absolute Gasteiger partial charge is 0.301 e. The summed E-state index contributed by atoms with van der Waals surface area (Å²) < 4.78 is 0. The van der Waals surface area contributed by atoms with E-state index in [-0.39, 0.29) is 11.0 Å². The molecule has 4 heteroatoms. The number of nitrogens with zero attached hydrogens (tertiary/aromatic N) is 1. The molecule has 2 aliphatic rings. The minimum absolute atomic E-state index is 0.0643. The fraction of sp³-hybridized carbons (Fsp3) is 0.474. The van der Waals surface area contributed by atoms with Crippen LogP contribution >= 0.6 is 11.8 Å². The van der Waals surface area contributed by atoms with Crippen molar-refractivity contribution in [3.05, 3.63) is 56.5 Å². The molecule has 3 nitrogen and oxygen atoms in total. The normalized spacial score (nSPS) is 22.7. The van der Waals surface area contributed by atoms with Crippen LogP contribution in [0.1, 0.15) is 47.2 Å². The number of hydrogen-bond donors (Lipinski definition) is 1. The Bertz CT molecular complexity index is 827. The van der Waals surface area contributed by atoms with Crippen molar-refractivity contribution >= 4 is 11.8 Å². The van der Waals surface area contributed by atoms with E-state index in [1.165, 1.54) is 47.7 Å². The Labute approximate surface area is 140 Å². The second kappa shape index (κ2) is 5.52. The number of thioether (sulfide) groups is 1. The molecule has 0 radical (unpaired) electrons. The van der Waals surface area contributed by atoms with Gasteiger partial charge in [0, 0.05) is 11.0 Å². The molecule has 0 aliphatic heterocycles. The van der Waals surface area contributed by atoms with Crippen LogP contribution < -0.4 is 5.56 Å². The highest BCUT2D eigenvalue weighted by Crippen LogP contribution is 2.46. The van der Waals surface area contributed by atoms with Gasteiger partial charge in [0.25, 0.3) is 5.56 Å². The maximum atomic E-state index is 12.3. The molecular formula is C19H22N2OS. The molecule has 1 heterocycles. The number of benzene rings is 1. The van der Waals surface area contributed by atoms with Gasteiger partial charge in [0.2, 0.25) is 0 Å². The number of H-pyrrole nitrogens is 1. The van der Waals surface area contributed by atoms with Crippen LogP contribution in [0.2, 0.25) is 0 Å². The third-order valence-electron chi connectivity index (χ3n) is 5.70. The van der Waals surface area contributed by atoms with E-state index in [9.17, 15) is 4.79 Å². The lowest BCUT2D eigenvalue weighted by atomic mass is 9.62. The number of rotatable bonds is 1. The molecule has 0 saturated heterocycles. The van der Waals surface area contributed by atoms with Crippen LogP contribution in [0.25, 0.3) is 0 Å². The first-order valence-electron chi connectivity index (χ1n) is 8.38. The number of hydrogen-bond acceptors (Lipinski definition) is 3. The van der Waals surface area contributed by atoms with Gasteiger partial charge in [-0.2, -0.15) is 0 Å². The average Bonchev–Trinajstić information content (AvgIpc) is 2.55. The molecule has 1 spiro atoms. The smallest absolute Gasteiger partial charge is 0.254 e. The maximum absolute atomic E-state index is 12.3. The monoisotopic (exact) mass is 326 g/mol. The van der Waals surface area contributed by atoms with Crippen molar-refractivity contribution in [3.8, 4) is 0 Å². The molecule has 2 aromatic rings. The highest BCUT2D eigenvalue weighted by molar-refractivity contribution is 7.98. The number of aromatic amines is 1. The number of nitrogens with one attached hydrogen (secondary N) is 1. The summed E-state index contributed by atoms with van der Waals surface area (Å²) in [5.74, 6) is 0. The van der Waals surface area contributed by atoms with Gasteiger partial charge in [-0.3, -0.25) is 4.79 Å². The van der Waals surface area contributed by atoms with Crippen molar-refractivity contribution in [3.63, 3.8) is 0 Å². The average molecular weight is 326 g/mol. The second-order valence-electron chi connectivity index (χ2n) is 6.91. The van der Waals surface area contributed by atoms with Crippen molar-refractivity contribution in [2.24, 2.45) is 0 Å². The lowest BCUT2D eigenvalue weighted by molar-refractivity contribution is 0.310. The van der Waals surface area contributed by atoms with Crippen LogP contribution in [0, 0.1) is 6.92 Å². The van der Waals surface area contributed by atoms with Crippen LogP contribution in [0.4, 0.5) is 0 Å². The van der Waals surface area contributed by atoms with Crippen molar-refractivity contribution in [1.82, 2.24) is 9.97 Å². The lowest BCUT2D eigenvalue weighted by Crippen LogP contribution is -2.39. The van der Waals surface area contributed by atoms with Crippen molar-refractivity contribution in [1.29, 1.82) is 0 Å². The number of aromatic nitrogens is 2. The molecule has 23 heavy (non-hydrogen) atoms. The molecule has 4 rings (SSSR count). The van der Waals surface area contributed by atoms with E-state index in [1.54, 1.807) is 0 Å². The maximum Gasteiger partial charge on any atom is 0.254 e. The third-order valence-corrected chi connectivity index (χ3v) is 6.28. The molecule has 1 unspecified atom stereocenters. The van der Waals surface area contributed by atoms with Gasteiger partial charge < -0.3 is 4.98 Å². The van der Waals surface area contributed by atoms with E-state index in [4.69, 9.17) is 4.98 Å². The molecule has 0 amide bonds. The van der Waals surface area contributed by atoms with E-state index in [0.29, 0.717) is 0 Å². The van der Waals surface area contributed by atoms with E-state index in [0.717, 1.165) is 35.7 Å². The van der Waals surface area contributed by atoms with E-state index >= 15 is 0 Å². The standard InChI is InChI=1S/C19H22N2OS/c1-12-5-3-7-15-13(12)6-4-9-19(15)10-8-14-16(11-19)20-18(23-2)21-17(14)22/h3,5,7H,4,6,8-11H2,1-2H3,(H,20,21,22). The summed E-state index contributed by atoms with van der Waals surface area (Å²) in [6.45, 7) is 2.23. The molecule has 1 N–H and O–H groups in total. The Morgan fingerprint density at radius 1 is 1.22 bits per heavy atom. The Morgan fingerprint density at radius 3 is 2.91 bits per heavy atom. The summed E-state index contributed by atoms with van der Waals surface area (Å²) in [6, 6.07) is 6.73. The molecule has 1 aromatic carbocycles. The summed E-state index contributed by atoms with van der Waals surface area (Å²) in [6.07, 6.45) is 8.44. The zero-order valence-electron chi connectivity index (χ0n) is 13.7. The van der Waals surface area contributed by atoms with Crippen molar-refractivity contribution < 1.29 is 0 Å². The molecule has 1 atom stereocenters. The van der Waals surface area contributed by atoms with Gasteiger partial charge in [0.1, 0.15) is 0 Å². The van der Waals surface area contributed by atoms with Crippen molar-refractivity contribution in [2.75, 3.05) is 6.26 Å². The predicted molar refractivity (Wildman–Crippen MR) is 94.5 cm³/mol. The summed E-state index contributed by atoms with van der Waals surface area (Å²) in [7, 11) is 0. The third kappa shape index (κ3) is 2.35. The SMILES string of the molecule is CSc1nc2c(c(=O)[nH]1)CCC1(CCCc3c(C)cccc31)C2. The van der Waals surface area contributed by atoms with Crippen LogP contribution in [0.5, 0.6) is 0 Å². The van der Waals surface area contributed by atoms with Gasteiger partial charge in [-0.1, -0.05) is 30.0 Å². The first-order valence-corrected chi connectivity index (χ1v) is 9.60. The quantitative estimate of drug-likeness (QED) is 0.644. The van der Waals surface area contributed by atoms with Gasteiger partial charge in [0.05, 0.1) is 5.69 Å². The van der Waals surface area contributed by atoms with Crippen LogP contribution in [-0.2, 0) is 24.7 Å². The summed E-state index contributed by atoms with van der Waals surface area (Å²) in [4.78, 5) is 20.0.